The molecule has 1 aromatic rings. The zero-order valence-corrected chi connectivity index (χ0v) is 12.9. The Morgan fingerprint density at radius 3 is 2.61 bits per heavy atom. The second kappa shape index (κ2) is 8.73. The molecule has 0 spiro atoms. The molecule has 0 radical (unpaired) electrons. The van der Waals surface area contributed by atoms with E-state index in [0.29, 0.717) is 17.9 Å². The molecule has 1 fully saturated rings. The molecule has 0 amide bonds. The van der Waals surface area contributed by atoms with Crippen molar-refractivity contribution in [3.8, 4) is 6.07 Å². The first-order valence-electron chi connectivity index (χ1n) is 7.89. The fraction of sp³-hybridized carbons (Fsp3) is 0.500. The van der Waals surface area contributed by atoms with Crippen molar-refractivity contribution in [3.05, 3.63) is 47.3 Å². The van der Waals surface area contributed by atoms with E-state index in [1.807, 2.05) is 0 Å². The Balaban J connectivity index is 1.68. The number of hydrogen-bond donors (Lipinski definition) is 0. The summed E-state index contributed by atoms with van der Waals surface area (Å²) >= 11 is 0. The lowest BCUT2D eigenvalue weighted by Crippen LogP contribution is -2.21. The predicted molar refractivity (Wildman–Crippen MR) is 80.9 cm³/mol. The van der Waals surface area contributed by atoms with Crippen molar-refractivity contribution in [1.29, 1.82) is 5.26 Å². The number of allylic oxidation sites excluding steroid dienone is 2. The molecule has 1 saturated carbocycles. The van der Waals surface area contributed by atoms with Crippen LogP contribution in [0.2, 0.25) is 0 Å². The Morgan fingerprint density at radius 1 is 1.22 bits per heavy atom. The van der Waals surface area contributed by atoms with E-state index in [4.69, 9.17) is 10.00 Å². The fourth-order valence-electron chi connectivity index (χ4n) is 2.92. The van der Waals surface area contributed by atoms with E-state index in [1.54, 1.807) is 0 Å². The quantitative estimate of drug-likeness (QED) is 0.674. The third-order valence-corrected chi connectivity index (χ3v) is 4.27. The number of benzene rings is 1. The van der Waals surface area contributed by atoms with Gasteiger partial charge in [-0.15, -0.1) is 0 Å². The average Bonchev–Trinajstić information content (AvgIpc) is 2.57. The number of ether oxygens (including phenoxy) is 1. The second-order valence-corrected chi connectivity index (χ2v) is 5.94. The van der Waals surface area contributed by atoms with Crippen LogP contribution in [-0.4, -0.2) is 6.10 Å². The Morgan fingerprint density at radius 2 is 1.96 bits per heavy atom. The van der Waals surface area contributed by atoms with Gasteiger partial charge in [-0.3, -0.25) is 0 Å². The molecule has 0 aromatic heterocycles. The zero-order chi connectivity index (χ0) is 16.7. The maximum atomic E-state index is 13.1. The highest BCUT2D eigenvalue weighted by Crippen LogP contribution is 2.30. The molecule has 0 bridgehead atoms. The third-order valence-electron chi connectivity index (χ3n) is 4.27. The molecular formula is C18H20F3NO. The highest BCUT2D eigenvalue weighted by atomic mass is 19.2. The summed E-state index contributed by atoms with van der Waals surface area (Å²) in [6.07, 6.45) is 6.78. The van der Waals surface area contributed by atoms with E-state index in [0.717, 1.165) is 44.2 Å². The fourth-order valence-corrected chi connectivity index (χ4v) is 2.92. The van der Waals surface area contributed by atoms with Crippen LogP contribution in [0.15, 0.2) is 30.1 Å². The first kappa shape index (κ1) is 17.6. The van der Waals surface area contributed by atoms with E-state index >= 15 is 0 Å². The van der Waals surface area contributed by atoms with Crippen LogP contribution in [0.3, 0.4) is 0 Å². The Bertz CT molecular complexity index is 586. The minimum absolute atomic E-state index is 0.130. The summed E-state index contributed by atoms with van der Waals surface area (Å²) in [5.41, 5.74) is 0.628. The van der Waals surface area contributed by atoms with Gasteiger partial charge in [-0.25, -0.2) is 8.78 Å². The number of nitrogens with zero attached hydrogens (tertiary/aromatic N) is 1. The molecule has 1 aromatic carbocycles. The van der Waals surface area contributed by atoms with Crippen molar-refractivity contribution in [2.75, 3.05) is 0 Å². The van der Waals surface area contributed by atoms with Gasteiger partial charge >= 0.3 is 0 Å². The van der Waals surface area contributed by atoms with E-state index in [1.165, 1.54) is 18.2 Å². The van der Waals surface area contributed by atoms with Gasteiger partial charge in [0, 0.05) is 0 Å². The van der Waals surface area contributed by atoms with E-state index in [2.05, 4.69) is 0 Å². The summed E-state index contributed by atoms with van der Waals surface area (Å²) in [6, 6.07) is 5.28. The SMILES string of the molecule is N#CC(F)=CCC[C@H]1CC[C@H](OCc2ccc(F)c(F)c2)CC1. The van der Waals surface area contributed by atoms with Crippen molar-refractivity contribution in [2.45, 2.75) is 51.2 Å². The lowest BCUT2D eigenvalue weighted by atomic mass is 9.84. The molecule has 2 rings (SSSR count). The van der Waals surface area contributed by atoms with Crippen LogP contribution in [0.4, 0.5) is 13.2 Å². The summed E-state index contributed by atoms with van der Waals surface area (Å²) in [5.74, 6) is -1.89. The summed E-state index contributed by atoms with van der Waals surface area (Å²) in [6.45, 7) is 0.280. The van der Waals surface area contributed by atoms with Crippen LogP contribution < -0.4 is 0 Å². The predicted octanol–water partition coefficient (Wildman–Crippen LogP) is 5.20. The van der Waals surface area contributed by atoms with Crippen molar-refractivity contribution >= 4 is 0 Å². The van der Waals surface area contributed by atoms with Crippen molar-refractivity contribution in [3.63, 3.8) is 0 Å². The smallest absolute Gasteiger partial charge is 0.196 e. The maximum Gasteiger partial charge on any atom is 0.196 e. The molecule has 0 N–H and O–H groups in total. The lowest BCUT2D eigenvalue weighted by molar-refractivity contribution is 0.00633. The molecule has 5 heteroatoms. The molecule has 124 valence electrons. The van der Waals surface area contributed by atoms with E-state index in [9.17, 15) is 13.2 Å². The molecule has 23 heavy (non-hydrogen) atoms. The minimum Gasteiger partial charge on any atom is -0.374 e. The van der Waals surface area contributed by atoms with Crippen molar-refractivity contribution in [1.82, 2.24) is 0 Å². The first-order chi connectivity index (χ1) is 11.1. The number of rotatable bonds is 6. The number of hydrogen-bond acceptors (Lipinski definition) is 2. The normalized spacial score (nSPS) is 21.9. The third kappa shape index (κ3) is 5.72. The largest absolute Gasteiger partial charge is 0.374 e. The molecule has 1 aliphatic rings. The van der Waals surface area contributed by atoms with Gasteiger partial charge in [0.05, 0.1) is 12.7 Å². The average molecular weight is 323 g/mol. The lowest BCUT2D eigenvalue weighted by Gasteiger charge is -2.28. The Labute approximate surface area is 134 Å². The van der Waals surface area contributed by atoms with Crippen molar-refractivity contribution in [2.24, 2.45) is 5.92 Å². The molecule has 0 atom stereocenters. The highest BCUT2D eigenvalue weighted by Gasteiger charge is 2.21. The van der Waals surface area contributed by atoms with Crippen LogP contribution in [0.5, 0.6) is 0 Å². The van der Waals surface area contributed by atoms with E-state index in [-0.39, 0.29) is 12.7 Å². The Kier molecular flexibility index (Phi) is 6.66. The van der Waals surface area contributed by atoms with Gasteiger partial charge in [0.15, 0.2) is 17.5 Å². The van der Waals surface area contributed by atoms with E-state index < -0.39 is 17.5 Å². The summed E-state index contributed by atoms with van der Waals surface area (Å²) in [7, 11) is 0. The Hall–Kier alpha value is -1.80. The minimum atomic E-state index is -0.854. The topological polar surface area (TPSA) is 33.0 Å². The molecule has 1 aliphatic carbocycles. The van der Waals surface area contributed by atoms with Crippen LogP contribution in [0, 0.1) is 28.9 Å². The number of halogens is 3. The van der Waals surface area contributed by atoms with Gasteiger partial charge < -0.3 is 4.74 Å². The maximum absolute atomic E-state index is 13.1. The van der Waals surface area contributed by atoms with Crippen molar-refractivity contribution < 1.29 is 17.9 Å². The molecule has 0 unspecified atom stereocenters. The molecule has 2 nitrogen and oxygen atoms in total. The van der Waals surface area contributed by atoms with Gasteiger partial charge in [-0.2, -0.15) is 9.65 Å². The van der Waals surface area contributed by atoms with Crippen LogP contribution in [-0.2, 0) is 11.3 Å². The second-order valence-electron chi connectivity index (χ2n) is 5.94. The van der Waals surface area contributed by atoms with Gasteiger partial charge in [0.1, 0.15) is 6.07 Å². The van der Waals surface area contributed by atoms with Gasteiger partial charge in [0.25, 0.3) is 0 Å². The highest BCUT2D eigenvalue weighted by molar-refractivity contribution is 5.16. The van der Waals surface area contributed by atoms with Crippen LogP contribution in [0.1, 0.15) is 44.1 Å². The standard InChI is InChI=1S/C18H20F3NO/c19-15(11-22)3-1-2-13-4-7-16(8-5-13)23-12-14-6-9-17(20)18(21)10-14/h3,6,9-10,13,16H,1-2,4-5,7-8,12H2/t13-,16-. The van der Waals surface area contributed by atoms with Gasteiger partial charge in [0.2, 0.25) is 0 Å². The monoisotopic (exact) mass is 323 g/mol. The first-order valence-corrected chi connectivity index (χ1v) is 7.89. The zero-order valence-electron chi connectivity index (χ0n) is 12.9. The summed E-state index contributed by atoms with van der Waals surface area (Å²) in [5, 5.41) is 8.34. The summed E-state index contributed by atoms with van der Waals surface area (Å²) < 4.78 is 44.4. The van der Waals surface area contributed by atoms with Crippen LogP contribution >= 0.6 is 0 Å². The van der Waals surface area contributed by atoms with Gasteiger partial charge in [-0.1, -0.05) is 6.07 Å². The molecule has 0 aliphatic heterocycles. The molecule has 0 heterocycles. The number of nitriles is 1. The summed E-state index contributed by atoms with van der Waals surface area (Å²) in [4.78, 5) is 0. The van der Waals surface area contributed by atoms with Crippen LogP contribution in [0.25, 0.3) is 0 Å². The molecule has 0 saturated heterocycles. The van der Waals surface area contributed by atoms with Gasteiger partial charge in [-0.05, 0) is 68.2 Å². The molecular weight excluding hydrogens is 303 g/mol.